The molecule has 0 amide bonds. The fourth-order valence-electron chi connectivity index (χ4n) is 2.64. The number of benzene rings is 1. The summed E-state index contributed by atoms with van der Waals surface area (Å²) in [7, 11) is 0. The third kappa shape index (κ3) is 3.13. The van der Waals surface area contributed by atoms with E-state index in [1.807, 2.05) is 0 Å². The van der Waals surface area contributed by atoms with E-state index in [2.05, 4.69) is 10.3 Å². The minimum atomic E-state index is -0.925. The van der Waals surface area contributed by atoms with Crippen LogP contribution in [0.5, 0.6) is 5.88 Å². The number of aromatic nitrogens is 1. The van der Waals surface area contributed by atoms with E-state index in [4.69, 9.17) is 9.84 Å². The Morgan fingerprint density at radius 1 is 1.33 bits per heavy atom. The van der Waals surface area contributed by atoms with Gasteiger partial charge in [-0.15, -0.1) is 0 Å². The summed E-state index contributed by atoms with van der Waals surface area (Å²) in [5, 5.41) is 14.1. The van der Waals surface area contributed by atoms with E-state index in [0.717, 1.165) is 36.7 Å². The molecule has 0 atom stereocenters. The largest absolute Gasteiger partial charge is 0.478 e. The maximum Gasteiger partial charge on any atom is 0.335 e. The third-order valence-corrected chi connectivity index (χ3v) is 3.89. The summed E-state index contributed by atoms with van der Waals surface area (Å²) in [5.74, 6) is 0.218. The number of ether oxygens (including phenoxy) is 1. The van der Waals surface area contributed by atoms with Gasteiger partial charge in [0.05, 0.1) is 12.2 Å². The van der Waals surface area contributed by atoms with Crippen molar-refractivity contribution >= 4 is 16.7 Å². The molecule has 1 fully saturated rings. The molecular weight excluding hydrogens is 268 g/mol. The van der Waals surface area contributed by atoms with Crippen LogP contribution in [0, 0.1) is 5.92 Å². The van der Waals surface area contributed by atoms with Crippen LogP contribution < -0.4 is 10.1 Å². The van der Waals surface area contributed by atoms with Gasteiger partial charge in [0, 0.05) is 11.6 Å². The molecule has 0 aliphatic carbocycles. The second-order valence-corrected chi connectivity index (χ2v) is 5.36. The van der Waals surface area contributed by atoms with Gasteiger partial charge in [-0.25, -0.2) is 9.78 Å². The fraction of sp³-hybridized carbons (Fsp3) is 0.375. The van der Waals surface area contributed by atoms with Crippen LogP contribution in [0.15, 0.2) is 30.5 Å². The van der Waals surface area contributed by atoms with Crippen molar-refractivity contribution in [2.75, 3.05) is 19.7 Å². The fourth-order valence-corrected chi connectivity index (χ4v) is 2.64. The van der Waals surface area contributed by atoms with Crippen molar-refractivity contribution in [1.29, 1.82) is 0 Å². The smallest absolute Gasteiger partial charge is 0.335 e. The van der Waals surface area contributed by atoms with Gasteiger partial charge in [0.25, 0.3) is 0 Å². The van der Waals surface area contributed by atoms with Crippen molar-refractivity contribution < 1.29 is 14.6 Å². The van der Waals surface area contributed by atoms with Crippen molar-refractivity contribution in [3.63, 3.8) is 0 Å². The van der Waals surface area contributed by atoms with E-state index >= 15 is 0 Å². The quantitative estimate of drug-likeness (QED) is 0.902. The summed E-state index contributed by atoms with van der Waals surface area (Å²) in [6, 6.07) is 6.81. The lowest BCUT2D eigenvalue weighted by atomic mass is 9.99. The molecule has 1 aliphatic heterocycles. The molecule has 1 aromatic heterocycles. The molecule has 5 heteroatoms. The monoisotopic (exact) mass is 286 g/mol. The van der Waals surface area contributed by atoms with Gasteiger partial charge in [0.2, 0.25) is 5.88 Å². The Hall–Kier alpha value is -2.14. The normalized spacial score (nSPS) is 16.0. The van der Waals surface area contributed by atoms with Gasteiger partial charge in [-0.2, -0.15) is 0 Å². The van der Waals surface area contributed by atoms with Crippen molar-refractivity contribution in [3.8, 4) is 5.88 Å². The first-order valence-corrected chi connectivity index (χ1v) is 7.19. The Balaban J connectivity index is 1.80. The summed E-state index contributed by atoms with van der Waals surface area (Å²) in [4.78, 5) is 15.3. The summed E-state index contributed by atoms with van der Waals surface area (Å²) >= 11 is 0. The zero-order chi connectivity index (χ0) is 14.7. The number of nitrogens with zero attached hydrogens (tertiary/aromatic N) is 1. The second kappa shape index (κ2) is 6.10. The molecule has 0 spiro atoms. The van der Waals surface area contributed by atoms with Crippen LogP contribution in [0.1, 0.15) is 23.2 Å². The average Bonchev–Trinajstić information content (AvgIpc) is 2.53. The number of fused-ring (bicyclic) bond motifs is 1. The SMILES string of the molecule is O=C(O)c1ccc2c(OCC3CCNCC3)nccc2c1. The number of rotatable bonds is 4. The molecule has 21 heavy (non-hydrogen) atoms. The molecular formula is C16H18N2O3. The summed E-state index contributed by atoms with van der Waals surface area (Å²) in [5.41, 5.74) is 0.276. The summed E-state index contributed by atoms with van der Waals surface area (Å²) in [6.45, 7) is 2.74. The van der Waals surface area contributed by atoms with E-state index in [1.54, 1.807) is 30.5 Å². The van der Waals surface area contributed by atoms with Gasteiger partial charge in [-0.3, -0.25) is 0 Å². The second-order valence-electron chi connectivity index (χ2n) is 5.36. The van der Waals surface area contributed by atoms with Gasteiger partial charge >= 0.3 is 5.97 Å². The zero-order valence-electron chi connectivity index (χ0n) is 11.7. The summed E-state index contributed by atoms with van der Waals surface area (Å²) in [6.07, 6.45) is 3.90. The lowest BCUT2D eigenvalue weighted by molar-refractivity contribution is 0.0697. The predicted octanol–water partition coefficient (Wildman–Crippen LogP) is 2.31. The zero-order valence-corrected chi connectivity index (χ0v) is 11.7. The predicted molar refractivity (Wildman–Crippen MR) is 79.8 cm³/mol. The highest BCUT2D eigenvalue weighted by molar-refractivity contribution is 5.95. The molecule has 0 saturated carbocycles. The highest BCUT2D eigenvalue weighted by Gasteiger charge is 2.15. The molecule has 2 aromatic rings. The van der Waals surface area contributed by atoms with Crippen molar-refractivity contribution in [2.24, 2.45) is 5.92 Å². The number of carboxylic acid groups (broad SMARTS) is 1. The minimum absolute atomic E-state index is 0.276. The molecule has 0 bridgehead atoms. The molecule has 0 radical (unpaired) electrons. The van der Waals surface area contributed by atoms with Crippen LogP contribution >= 0.6 is 0 Å². The Labute approximate surface area is 123 Å². The molecule has 110 valence electrons. The van der Waals surface area contributed by atoms with E-state index in [0.29, 0.717) is 18.4 Å². The Morgan fingerprint density at radius 2 is 2.14 bits per heavy atom. The van der Waals surface area contributed by atoms with E-state index in [1.165, 1.54) is 0 Å². The summed E-state index contributed by atoms with van der Waals surface area (Å²) < 4.78 is 5.87. The van der Waals surface area contributed by atoms with Gasteiger partial charge < -0.3 is 15.2 Å². The van der Waals surface area contributed by atoms with Gasteiger partial charge in [0.1, 0.15) is 0 Å². The molecule has 2 heterocycles. The van der Waals surface area contributed by atoms with Gasteiger partial charge in [-0.1, -0.05) is 0 Å². The first kappa shape index (κ1) is 13.8. The lowest BCUT2D eigenvalue weighted by Gasteiger charge is -2.22. The number of carboxylic acids is 1. The molecule has 1 aliphatic rings. The number of pyridine rings is 1. The molecule has 0 unspecified atom stereocenters. The number of carbonyl (C=O) groups is 1. The molecule has 3 rings (SSSR count). The van der Waals surface area contributed by atoms with E-state index < -0.39 is 5.97 Å². The molecule has 1 aromatic carbocycles. The number of hydrogen-bond donors (Lipinski definition) is 2. The Morgan fingerprint density at radius 3 is 2.90 bits per heavy atom. The highest BCUT2D eigenvalue weighted by atomic mass is 16.5. The lowest BCUT2D eigenvalue weighted by Crippen LogP contribution is -2.30. The van der Waals surface area contributed by atoms with Crippen molar-refractivity contribution in [2.45, 2.75) is 12.8 Å². The first-order valence-electron chi connectivity index (χ1n) is 7.19. The van der Waals surface area contributed by atoms with E-state index in [9.17, 15) is 4.79 Å². The average molecular weight is 286 g/mol. The number of aromatic carboxylic acids is 1. The van der Waals surface area contributed by atoms with Gasteiger partial charge in [-0.05, 0) is 61.5 Å². The van der Waals surface area contributed by atoms with Gasteiger partial charge in [0.15, 0.2) is 0 Å². The Kier molecular flexibility index (Phi) is 4.01. The van der Waals surface area contributed by atoms with E-state index in [-0.39, 0.29) is 5.56 Å². The maximum absolute atomic E-state index is 11.0. The molecule has 5 nitrogen and oxygen atoms in total. The standard InChI is InChI=1S/C16H18N2O3/c19-16(20)13-1-2-14-12(9-13)5-8-18-15(14)21-10-11-3-6-17-7-4-11/h1-2,5,8-9,11,17H,3-4,6-7,10H2,(H,19,20). The maximum atomic E-state index is 11.0. The molecule has 1 saturated heterocycles. The first-order chi connectivity index (χ1) is 10.2. The Bertz CT molecular complexity index is 651. The van der Waals surface area contributed by atoms with Crippen LogP contribution in [0.25, 0.3) is 10.8 Å². The number of hydrogen-bond acceptors (Lipinski definition) is 4. The number of piperidine rings is 1. The van der Waals surface area contributed by atoms with Crippen LogP contribution in [0.2, 0.25) is 0 Å². The van der Waals surface area contributed by atoms with Crippen molar-refractivity contribution in [3.05, 3.63) is 36.0 Å². The minimum Gasteiger partial charge on any atom is -0.478 e. The third-order valence-electron chi connectivity index (χ3n) is 3.89. The van der Waals surface area contributed by atoms with Crippen LogP contribution in [0.4, 0.5) is 0 Å². The van der Waals surface area contributed by atoms with Crippen LogP contribution in [-0.4, -0.2) is 35.8 Å². The highest BCUT2D eigenvalue weighted by Crippen LogP contribution is 2.25. The van der Waals surface area contributed by atoms with Crippen LogP contribution in [-0.2, 0) is 0 Å². The van der Waals surface area contributed by atoms with Crippen LogP contribution in [0.3, 0.4) is 0 Å². The van der Waals surface area contributed by atoms with Crippen molar-refractivity contribution in [1.82, 2.24) is 10.3 Å². The topological polar surface area (TPSA) is 71.5 Å². The molecule has 2 N–H and O–H groups in total. The number of nitrogens with one attached hydrogen (secondary N) is 1.